The van der Waals surface area contributed by atoms with Gasteiger partial charge in [0.25, 0.3) is 0 Å². The lowest BCUT2D eigenvalue weighted by atomic mass is 9.98. The molecule has 1 rings (SSSR count). The van der Waals surface area contributed by atoms with E-state index >= 15 is 0 Å². The molecule has 5 atom stereocenters. The number of ether oxygens (including phenoxy) is 5. The van der Waals surface area contributed by atoms with E-state index in [2.05, 4.69) is 6.58 Å². The van der Waals surface area contributed by atoms with Crippen LogP contribution in [-0.4, -0.2) is 66.9 Å². The third kappa shape index (κ3) is 9.89. The molecule has 1 N–H and O–H groups in total. The van der Waals surface area contributed by atoms with Crippen molar-refractivity contribution in [1.29, 1.82) is 0 Å². The molecule has 1 aliphatic heterocycles. The number of hydrogen-bond acceptors (Lipinski definition) is 9. The van der Waals surface area contributed by atoms with Crippen LogP contribution in [0.15, 0.2) is 36.0 Å². The molecule has 9 nitrogen and oxygen atoms in total. The summed E-state index contributed by atoms with van der Waals surface area (Å²) < 4.78 is 27.3. The highest BCUT2D eigenvalue weighted by atomic mass is 16.7. The van der Waals surface area contributed by atoms with E-state index in [0.29, 0.717) is 12.0 Å². The van der Waals surface area contributed by atoms with Crippen LogP contribution in [0.4, 0.5) is 0 Å². The highest BCUT2D eigenvalue weighted by Crippen LogP contribution is 2.28. The summed E-state index contributed by atoms with van der Waals surface area (Å²) in [7, 11) is 0. The summed E-state index contributed by atoms with van der Waals surface area (Å²) in [5.74, 6) is -1.94. The summed E-state index contributed by atoms with van der Waals surface area (Å²) in [5.41, 5.74) is 1.28. The van der Waals surface area contributed by atoms with E-state index in [0.717, 1.165) is 18.4 Å². The second kappa shape index (κ2) is 14.6. The van der Waals surface area contributed by atoms with Crippen LogP contribution in [0.1, 0.15) is 53.9 Å². The molecule has 0 aromatic rings. The summed E-state index contributed by atoms with van der Waals surface area (Å²) in [6.07, 6.45) is 1.59. The molecule has 0 spiro atoms. The lowest BCUT2D eigenvalue weighted by molar-refractivity contribution is -0.305. The molecule has 0 aliphatic carbocycles. The number of rotatable bonds is 12. The van der Waals surface area contributed by atoms with Gasteiger partial charge in [0.2, 0.25) is 0 Å². The van der Waals surface area contributed by atoms with Gasteiger partial charge in [0.15, 0.2) is 18.5 Å². The van der Waals surface area contributed by atoms with Crippen LogP contribution in [0.5, 0.6) is 0 Å². The lowest BCUT2D eigenvalue weighted by Gasteiger charge is -2.43. The van der Waals surface area contributed by atoms with Crippen LogP contribution in [0, 0.1) is 0 Å². The van der Waals surface area contributed by atoms with Crippen molar-refractivity contribution in [3.8, 4) is 0 Å². The summed E-state index contributed by atoms with van der Waals surface area (Å²) in [4.78, 5) is 35.4. The van der Waals surface area contributed by atoms with Gasteiger partial charge in [0.05, 0.1) is 6.61 Å². The number of carbonyl (C=O) groups excluding carboxylic acids is 3. The van der Waals surface area contributed by atoms with Gasteiger partial charge in [-0.15, -0.1) is 0 Å². The SMILES string of the molecule is C=C(CC/C=C\C)CCO[C@@H]1O[C@H](COC(C)=O)[C@@H](OC(C)=O)[C@H](OC(=O)/C(C)=C\C)[C@H]1O. The fourth-order valence-electron chi connectivity index (χ4n) is 3.07. The van der Waals surface area contributed by atoms with Gasteiger partial charge in [-0.05, 0) is 40.0 Å². The summed E-state index contributed by atoms with van der Waals surface area (Å²) in [6.45, 7) is 11.5. The third-order valence-corrected chi connectivity index (χ3v) is 5.00. The fraction of sp³-hybridized carbons (Fsp3) is 0.625. The minimum atomic E-state index is -1.45. The third-order valence-electron chi connectivity index (χ3n) is 5.00. The zero-order valence-electron chi connectivity index (χ0n) is 20.1. The monoisotopic (exact) mass is 468 g/mol. The topological polar surface area (TPSA) is 118 Å². The van der Waals surface area contributed by atoms with Gasteiger partial charge < -0.3 is 28.8 Å². The fourth-order valence-corrected chi connectivity index (χ4v) is 3.07. The predicted molar refractivity (Wildman–Crippen MR) is 120 cm³/mol. The maximum Gasteiger partial charge on any atom is 0.333 e. The Labute approximate surface area is 195 Å². The van der Waals surface area contributed by atoms with Crippen molar-refractivity contribution < 1.29 is 43.2 Å². The Balaban J connectivity index is 3.00. The molecule has 9 heteroatoms. The maximum atomic E-state index is 12.4. The van der Waals surface area contributed by atoms with Gasteiger partial charge in [-0.2, -0.15) is 0 Å². The zero-order valence-corrected chi connectivity index (χ0v) is 20.1. The number of carbonyl (C=O) groups is 3. The first-order chi connectivity index (χ1) is 15.6. The number of allylic oxidation sites excluding steroid dienone is 3. The first kappa shape index (κ1) is 28.5. The molecule has 0 radical (unpaired) electrons. The van der Waals surface area contributed by atoms with Gasteiger partial charge in [0, 0.05) is 19.4 Å². The first-order valence-electron chi connectivity index (χ1n) is 11.0. The van der Waals surface area contributed by atoms with E-state index in [1.165, 1.54) is 13.8 Å². The van der Waals surface area contributed by atoms with E-state index < -0.39 is 48.6 Å². The number of hydrogen-bond donors (Lipinski definition) is 1. The molecule has 0 bridgehead atoms. The van der Waals surface area contributed by atoms with Crippen molar-refractivity contribution in [2.24, 2.45) is 0 Å². The van der Waals surface area contributed by atoms with E-state index in [1.54, 1.807) is 19.9 Å². The Hall–Kier alpha value is -2.49. The van der Waals surface area contributed by atoms with Gasteiger partial charge in [0.1, 0.15) is 18.8 Å². The zero-order chi connectivity index (χ0) is 25.0. The van der Waals surface area contributed by atoms with Gasteiger partial charge in [-0.1, -0.05) is 30.4 Å². The molecule has 1 aliphatic rings. The van der Waals surface area contributed by atoms with E-state index in [9.17, 15) is 19.5 Å². The Morgan fingerprint density at radius 2 is 1.73 bits per heavy atom. The molecule has 0 aromatic carbocycles. The molecule has 0 amide bonds. The molecule has 1 saturated heterocycles. The number of aliphatic hydroxyl groups is 1. The van der Waals surface area contributed by atoms with Crippen molar-refractivity contribution in [2.45, 2.75) is 84.6 Å². The Morgan fingerprint density at radius 1 is 1.03 bits per heavy atom. The summed E-state index contributed by atoms with van der Waals surface area (Å²) in [6, 6.07) is 0. The molecule has 1 heterocycles. The molecule has 0 saturated carbocycles. The van der Waals surface area contributed by atoms with E-state index in [-0.39, 0.29) is 13.2 Å². The minimum absolute atomic E-state index is 0.198. The highest BCUT2D eigenvalue weighted by Gasteiger charge is 2.50. The smallest absolute Gasteiger partial charge is 0.333 e. The Kier molecular flexibility index (Phi) is 12.6. The quantitative estimate of drug-likeness (QED) is 0.200. The maximum absolute atomic E-state index is 12.4. The van der Waals surface area contributed by atoms with Crippen LogP contribution < -0.4 is 0 Å². The predicted octanol–water partition coefficient (Wildman–Crippen LogP) is 2.76. The number of aliphatic hydroxyl groups excluding tert-OH is 1. The molecule has 1 fully saturated rings. The molecule has 0 aromatic heterocycles. The molecule has 186 valence electrons. The molecule has 0 unspecified atom stereocenters. The standard InChI is InChI=1S/C24H36O9/c1-7-9-10-11-15(3)12-13-29-24-20(27)22(33-23(28)16(4)8-2)21(31-18(6)26)19(32-24)14-30-17(5)25/h7-9,19-22,24,27H,3,10-14H2,1-2,4-6H3/b9-7-,16-8-/t19-,20-,21-,22-,24-/m1/s1. The summed E-state index contributed by atoms with van der Waals surface area (Å²) in [5, 5.41) is 10.9. The Morgan fingerprint density at radius 3 is 2.30 bits per heavy atom. The first-order valence-corrected chi connectivity index (χ1v) is 11.0. The van der Waals surface area contributed by atoms with Crippen molar-refractivity contribution >= 4 is 17.9 Å². The number of esters is 3. The molecule has 33 heavy (non-hydrogen) atoms. The van der Waals surface area contributed by atoms with E-state index in [4.69, 9.17) is 23.7 Å². The lowest BCUT2D eigenvalue weighted by Crippen LogP contribution is -2.62. The van der Waals surface area contributed by atoms with Crippen LogP contribution in [-0.2, 0) is 38.1 Å². The highest BCUT2D eigenvalue weighted by molar-refractivity contribution is 5.87. The normalized spacial score (nSPS) is 25.5. The van der Waals surface area contributed by atoms with Crippen molar-refractivity contribution in [2.75, 3.05) is 13.2 Å². The van der Waals surface area contributed by atoms with Gasteiger partial charge in [-0.25, -0.2) is 4.79 Å². The average Bonchev–Trinajstić information content (AvgIpc) is 2.75. The second-order valence-corrected chi connectivity index (χ2v) is 7.73. The van der Waals surface area contributed by atoms with Crippen LogP contribution in [0.25, 0.3) is 0 Å². The van der Waals surface area contributed by atoms with Gasteiger partial charge in [-0.3, -0.25) is 9.59 Å². The molecular formula is C24H36O9. The van der Waals surface area contributed by atoms with Crippen molar-refractivity contribution in [3.05, 3.63) is 36.0 Å². The summed E-state index contributed by atoms with van der Waals surface area (Å²) >= 11 is 0. The van der Waals surface area contributed by atoms with E-state index in [1.807, 2.05) is 19.1 Å². The average molecular weight is 469 g/mol. The second-order valence-electron chi connectivity index (χ2n) is 7.73. The molecular weight excluding hydrogens is 432 g/mol. The van der Waals surface area contributed by atoms with Crippen molar-refractivity contribution in [3.63, 3.8) is 0 Å². The van der Waals surface area contributed by atoms with Crippen molar-refractivity contribution in [1.82, 2.24) is 0 Å². The minimum Gasteiger partial charge on any atom is -0.463 e. The van der Waals surface area contributed by atoms with Crippen LogP contribution >= 0.6 is 0 Å². The van der Waals surface area contributed by atoms with Gasteiger partial charge >= 0.3 is 17.9 Å². The Bertz CT molecular complexity index is 740. The largest absolute Gasteiger partial charge is 0.463 e. The van der Waals surface area contributed by atoms with Crippen LogP contribution in [0.2, 0.25) is 0 Å². The van der Waals surface area contributed by atoms with Crippen LogP contribution in [0.3, 0.4) is 0 Å².